The lowest BCUT2D eigenvalue weighted by Gasteiger charge is -2.28. The summed E-state index contributed by atoms with van der Waals surface area (Å²) in [6.07, 6.45) is 16.5. The van der Waals surface area contributed by atoms with Gasteiger partial charge in [0.05, 0.1) is 11.0 Å². The smallest absolute Gasteiger partial charge is 0.127 e. The summed E-state index contributed by atoms with van der Waals surface area (Å²) in [7, 11) is 0. The van der Waals surface area contributed by atoms with Crippen molar-refractivity contribution < 1.29 is 4.74 Å². The van der Waals surface area contributed by atoms with E-state index in [1.807, 2.05) is 42.5 Å². The largest absolute Gasteiger partial charge is 0.457 e. The molecular formula is C30H42N2OS. The second kappa shape index (κ2) is 13.8. The zero-order valence-electron chi connectivity index (χ0n) is 20.6. The summed E-state index contributed by atoms with van der Waals surface area (Å²) < 4.78 is 5.92. The molecule has 34 heavy (non-hydrogen) atoms. The number of ether oxygens (including phenoxy) is 1. The minimum absolute atomic E-state index is 0.291. The lowest BCUT2D eigenvalue weighted by atomic mass is 9.85. The molecule has 2 N–H and O–H groups in total. The maximum atomic E-state index is 5.92. The molecule has 3 nitrogen and oxygen atoms in total. The Morgan fingerprint density at radius 1 is 0.794 bits per heavy atom. The Morgan fingerprint density at radius 3 is 2.09 bits per heavy atom. The second-order valence-corrected chi connectivity index (χ2v) is 10.8. The van der Waals surface area contributed by atoms with Crippen molar-refractivity contribution in [2.45, 2.75) is 89.6 Å². The standard InChI is InChI=1S/C30H42N2OS/c34-30(32-23-26-16-19-28(20-17-26)33-27-14-8-3-9-15-27)29(21-18-24-10-4-1-5-11-24)31-22-25-12-6-2-7-13-25/h3,8-9,14-17,19-20,24-25,29,31H,1-2,4-7,10-13,18,21-23H2,(H,32,34)/t29-/m1/s1. The Morgan fingerprint density at radius 2 is 1.41 bits per heavy atom. The van der Waals surface area contributed by atoms with Crippen molar-refractivity contribution in [2.24, 2.45) is 11.8 Å². The first-order valence-corrected chi connectivity index (χ1v) is 14.0. The van der Waals surface area contributed by atoms with Crippen LogP contribution in [-0.2, 0) is 6.54 Å². The number of thiocarbonyl (C=S) groups is 1. The van der Waals surface area contributed by atoms with Crippen LogP contribution in [0.25, 0.3) is 0 Å². The number of hydrogen-bond acceptors (Lipinski definition) is 3. The van der Waals surface area contributed by atoms with Crippen LogP contribution >= 0.6 is 12.2 Å². The number of rotatable bonds is 11. The van der Waals surface area contributed by atoms with E-state index in [4.69, 9.17) is 17.0 Å². The molecule has 0 aromatic heterocycles. The van der Waals surface area contributed by atoms with Crippen LogP contribution in [0.4, 0.5) is 0 Å². The highest BCUT2D eigenvalue weighted by Crippen LogP contribution is 2.28. The SMILES string of the molecule is S=C(NCc1ccc(Oc2ccccc2)cc1)[C@@H](CCC1CCCCC1)NCC1CCCCC1. The van der Waals surface area contributed by atoms with Gasteiger partial charge in [-0.15, -0.1) is 0 Å². The summed E-state index contributed by atoms with van der Waals surface area (Å²) in [5.41, 5.74) is 1.22. The third-order valence-electron chi connectivity index (χ3n) is 7.65. The summed E-state index contributed by atoms with van der Waals surface area (Å²) in [5, 5.41) is 7.45. The van der Waals surface area contributed by atoms with Crippen LogP contribution in [-0.4, -0.2) is 17.6 Å². The molecular weight excluding hydrogens is 436 g/mol. The van der Waals surface area contributed by atoms with Gasteiger partial charge in [0.2, 0.25) is 0 Å². The fourth-order valence-corrected chi connectivity index (χ4v) is 5.79. The minimum Gasteiger partial charge on any atom is -0.457 e. The number of nitrogens with one attached hydrogen (secondary N) is 2. The van der Waals surface area contributed by atoms with Gasteiger partial charge >= 0.3 is 0 Å². The van der Waals surface area contributed by atoms with Crippen molar-refractivity contribution in [3.63, 3.8) is 0 Å². The molecule has 0 aliphatic heterocycles. The summed E-state index contributed by atoms with van der Waals surface area (Å²) >= 11 is 5.92. The maximum absolute atomic E-state index is 5.92. The van der Waals surface area contributed by atoms with E-state index in [2.05, 4.69) is 22.8 Å². The molecule has 0 saturated heterocycles. The third kappa shape index (κ3) is 8.39. The molecule has 0 amide bonds. The van der Waals surface area contributed by atoms with E-state index in [-0.39, 0.29) is 0 Å². The topological polar surface area (TPSA) is 33.3 Å². The first-order valence-electron chi connectivity index (χ1n) is 13.6. The van der Waals surface area contributed by atoms with E-state index in [9.17, 15) is 0 Å². The lowest BCUT2D eigenvalue weighted by molar-refractivity contribution is 0.309. The van der Waals surface area contributed by atoms with Crippen molar-refractivity contribution in [1.29, 1.82) is 0 Å². The van der Waals surface area contributed by atoms with Gasteiger partial charge in [-0.25, -0.2) is 0 Å². The molecule has 4 rings (SSSR count). The molecule has 0 unspecified atom stereocenters. The van der Waals surface area contributed by atoms with Crippen LogP contribution in [0.15, 0.2) is 54.6 Å². The zero-order chi connectivity index (χ0) is 23.4. The van der Waals surface area contributed by atoms with Gasteiger partial charge in [0.15, 0.2) is 0 Å². The first kappa shape index (κ1) is 25.2. The van der Waals surface area contributed by atoms with Crippen LogP contribution in [0.3, 0.4) is 0 Å². The van der Waals surface area contributed by atoms with Crippen molar-refractivity contribution in [2.75, 3.05) is 6.54 Å². The number of para-hydroxylation sites is 1. The van der Waals surface area contributed by atoms with E-state index in [0.717, 1.165) is 47.8 Å². The molecule has 0 bridgehead atoms. The number of hydrogen-bond donors (Lipinski definition) is 2. The van der Waals surface area contributed by atoms with Gasteiger partial charge in [0.25, 0.3) is 0 Å². The van der Waals surface area contributed by atoms with Gasteiger partial charge < -0.3 is 15.4 Å². The van der Waals surface area contributed by atoms with Gasteiger partial charge in [-0.1, -0.05) is 93.9 Å². The van der Waals surface area contributed by atoms with Gasteiger partial charge in [-0.05, 0) is 73.9 Å². The zero-order valence-corrected chi connectivity index (χ0v) is 21.5. The van der Waals surface area contributed by atoms with Crippen molar-refractivity contribution in [3.8, 4) is 11.5 Å². The highest BCUT2D eigenvalue weighted by Gasteiger charge is 2.21. The van der Waals surface area contributed by atoms with Gasteiger partial charge in [-0.2, -0.15) is 0 Å². The fraction of sp³-hybridized carbons (Fsp3) is 0.567. The number of benzene rings is 2. The average Bonchev–Trinajstić information content (AvgIpc) is 2.90. The minimum atomic E-state index is 0.291. The third-order valence-corrected chi connectivity index (χ3v) is 8.08. The van der Waals surface area contributed by atoms with Crippen molar-refractivity contribution in [3.05, 3.63) is 60.2 Å². The second-order valence-electron chi connectivity index (χ2n) is 10.3. The predicted octanol–water partition coefficient (Wildman–Crippen LogP) is 7.79. The van der Waals surface area contributed by atoms with Crippen LogP contribution in [0.5, 0.6) is 11.5 Å². The van der Waals surface area contributed by atoms with Crippen LogP contribution in [0.1, 0.15) is 82.6 Å². The van der Waals surface area contributed by atoms with E-state index in [1.54, 1.807) is 0 Å². The average molecular weight is 479 g/mol. The molecule has 0 radical (unpaired) electrons. The maximum Gasteiger partial charge on any atom is 0.127 e. The monoisotopic (exact) mass is 478 g/mol. The van der Waals surface area contributed by atoms with Crippen LogP contribution < -0.4 is 15.4 Å². The molecule has 2 fully saturated rings. The van der Waals surface area contributed by atoms with Gasteiger partial charge in [-0.3, -0.25) is 0 Å². The van der Waals surface area contributed by atoms with E-state index in [0.29, 0.717) is 6.04 Å². The highest BCUT2D eigenvalue weighted by atomic mass is 32.1. The highest BCUT2D eigenvalue weighted by molar-refractivity contribution is 7.80. The summed E-state index contributed by atoms with van der Waals surface area (Å²) in [6, 6.07) is 18.5. The molecule has 2 aromatic rings. The predicted molar refractivity (Wildman–Crippen MR) is 147 cm³/mol. The Kier molecular flexibility index (Phi) is 10.3. The van der Waals surface area contributed by atoms with Crippen molar-refractivity contribution >= 4 is 17.2 Å². The first-order chi connectivity index (χ1) is 16.8. The summed E-state index contributed by atoms with van der Waals surface area (Å²) in [5.74, 6) is 3.44. The molecule has 0 spiro atoms. The lowest BCUT2D eigenvalue weighted by Crippen LogP contribution is -2.45. The Hall–Kier alpha value is -1.91. The van der Waals surface area contributed by atoms with Crippen molar-refractivity contribution in [1.82, 2.24) is 10.6 Å². The fourth-order valence-electron chi connectivity index (χ4n) is 5.52. The summed E-state index contributed by atoms with van der Waals surface area (Å²) in [4.78, 5) is 0.983. The van der Waals surface area contributed by atoms with E-state index < -0.39 is 0 Å². The molecule has 4 heteroatoms. The molecule has 0 heterocycles. The Labute approximate surface area is 212 Å². The van der Waals surface area contributed by atoms with Crippen LogP contribution in [0.2, 0.25) is 0 Å². The molecule has 184 valence electrons. The van der Waals surface area contributed by atoms with E-state index in [1.165, 1.54) is 76.2 Å². The quantitative estimate of drug-likeness (QED) is 0.323. The molecule has 2 saturated carbocycles. The molecule has 2 aromatic carbocycles. The molecule has 2 aliphatic rings. The van der Waals surface area contributed by atoms with Crippen LogP contribution in [0, 0.1) is 11.8 Å². The Bertz CT molecular complexity index is 820. The summed E-state index contributed by atoms with van der Waals surface area (Å²) in [6.45, 7) is 1.87. The van der Waals surface area contributed by atoms with E-state index >= 15 is 0 Å². The van der Waals surface area contributed by atoms with Gasteiger partial charge in [0, 0.05) is 6.54 Å². The van der Waals surface area contributed by atoms with Gasteiger partial charge in [0.1, 0.15) is 11.5 Å². The molecule has 1 atom stereocenters. The Balaban J connectivity index is 1.27. The molecule has 2 aliphatic carbocycles. The normalized spacial score (nSPS) is 18.4.